The zero-order valence-electron chi connectivity index (χ0n) is 17.0. The molecule has 0 spiro atoms. The van der Waals surface area contributed by atoms with E-state index in [0.717, 1.165) is 44.8 Å². The van der Waals surface area contributed by atoms with Crippen LogP contribution in [-0.2, 0) is 13.0 Å². The number of rotatable bonds is 4. The minimum Gasteiger partial charge on any atom is -0.466 e. The third-order valence-electron chi connectivity index (χ3n) is 5.88. The molecule has 5 heteroatoms. The molecule has 0 aliphatic carbocycles. The summed E-state index contributed by atoms with van der Waals surface area (Å²) in [6.45, 7) is 2.62. The van der Waals surface area contributed by atoms with Gasteiger partial charge in [0, 0.05) is 41.6 Å². The normalized spacial score (nSPS) is 11.8. The molecule has 0 fully saturated rings. The third-order valence-corrected chi connectivity index (χ3v) is 5.88. The van der Waals surface area contributed by atoms with E-state index in [4.69, 9.17) is 4.42 Å². The molecule has 31 heavy (non-hydrogen) atoms. The molecule has 2 aromatic carbocycles. The van der Waals surface area contributed by atoms with Gasteiger partial charge in [0.1, 0.15) is 23.0 Å². The second-order valence-electron chi connectivity index (χ2n) is 7.97. The summed E-state index contributed by atoms with van der Waals surface area (Å²) in [6.07, 6.45) is 4.75. The van der Waals surface area contributed by atoms with E-state index < -0.39 is 0 Å². The van der Waals surface area contributed by atoms with Gasteiger partial charge >= 0.3 is 0 Å². The predicted octanol–water partition coefficient (Wildman–Crippen LogP) is 6.12. The molecule has 0 saturated carbocycles. The zero-order valence-corrected chi connectivity index (χ0v) is 17.0. The first-order valence-corrected chi connectivity index (χ1v) is 10.3. The van der Waals surface area contributed by atoms with Crippen molar-refractivity contribution in [3.05, 3.63) is 108 Å². The maximum Gasteiger partial charge on any atom is 0.137 e. The van der Waals surface area contributed by atoms with Crippen LogP contribution in [0.15, 0.2) is 83.5 Å². The lowest BCUT2D eigenvalue weighted by atomic mass is 10.2. The topological polar surface area (TPSA) is 35.4 Å². The third kappa shape index (κ3) is 3.01. The number of pyridine rings is 1. The number of aryl methyl sites for hydroxylation is 1. The first kappa shape index (κ1) is 18.0. The number of halogens is 1. The number of nitrogens with zero attached hydrogens (tertiary/aromatic N) is 3. The lowest BCUT2D eigenvalue weighted by Gasteiger charge is -2.09. The van der Waals surface area contributed by atoms with Crippen LogP contribution >= 0.6 is 0 Å². The average Bonchev–Trinajstić information content (AvgIpc) is 3.46. The summed E-state index contributed by atoms with van der Waals surface area (Å²) < 4.78 is 23.6. The quantitative estimate of drug-likeness (QED) is 0.351. The van der Waals surface area contributed by atoms with Crippen LogP contribution in [0.5, 0.6) is 0 Å². The fourth-order valence-corrected chi connectivity index (χ4v) is 4.39. The van der Waals surface area contributed by atoms with E-state index >= 15 is 0 Å². The summed E-state index contributed by atoms with van der Waals surface area (Å²) in [5, 5.41) is 2.35. The Labute approximate surface area is 178 Å². The van der Waals surface area contributed by atoms with Crippen molar-refractivity contribution < 1.29 is 8.81 Å². The molecular weight excluding hydrogens is 389 g/mol. The van der Waals surface area contributed by atoms with E-state index in [9.17, 15) is 4.39 Å². The van der Waals surface area contributed by atoms with Gasteiger partial charge in [-0.2, -0.15) is 0 Å². The minimum absolute atomic E-state index is 0.219. The van der Waals surface area contributed by atoms with Crippen molar-refractivity contribution in [1.29, 1.82) is 0 Å². The van der Waals surface area contributed by atoms with Gasteiger partial charge in [-0.15, -0.1) is 0 Å². The van der Waals surface area contributed by atoms with Crippen molar-refractivity contribution in [1.82, 2.24) is 14.0 Å². The van der Waals surface area contributed by atoms with Gasteiger partial charge in [0.05, 0.1) is 11.2 Å². The summed E-state index contributed by atoms with van der Waals surface area (Å²) >= 11 is 0. The zero-order chi connectivity index (χ0) is 20.9. The fourth-order valence-electron chi connectivity index (χ4n) is 4.39. The van der Waals surface area contributed by atoms with Crippen LogP contribution in [0, 0.1) is 12.7 Å². The predicted molar refractivity (Wildman–Crippen MR) is 120 cm³/mol. The van der Waals surface area contributed by atoms with Gasteiger partial charge in [-0.25, -0.2) is 9.37 Å². The van der Waals surface area contributed by atoms with Crippen LogP contribution in [0.1, 0.15) is 22.8 Å². The van der Waals surface area contributed by atoms with Gasteiger partial charge in [0.2, 0.25) is 0 Å². The van der Waals surface area contributed by atoms with E-state index in [1.807, 2.05) is 37.4 Å². The molecule has 4 nitrogen and oxygen atoms in total. The number of hydrogen-bond donors (Lipinski definition) is 0. The second kappa shape index (κ2) is 6.84. The van der Waals surface area contributed by atoms with Gasteiger partial charge < -0.3 is 13.4 Å². The first-order chi connectivity index (χ1) is 15.2. The lowest BCUT2D eigenvalue weighted by Crippen LogP contribution is -2.01. The smallest absolute Gasteiger partial charge is 0.137 e. The van der Waals surface area contributed by atoms with Crippen LogP contribution in [0.25, 0.3) is 27.5 Å². The molecule has 0 unspecified atom stereocenters. The Bertz CT molecular complexity index is 1550. The molecule has 6 rings (SSSR count). The molecule has 0 atom stereocenters. The van der Waals surface area contributed by atoms with E-state index in [1.165, 1.54) is 17.5 Å². The SMILES string of the molecule is Cc1ccc(Cc2cnc3cc4c5ccccc5n(Cc5ccc(F)cc5)c4cn23)o1. The van der Waals surface area contributed by atoms with Crippen molar-refractivity contribution >= 4 is 27.5 Å². The molecule has 0 N–H and O–H groups in total. The molecule has 0 saturated heterocycles. The molecule has 6 aromatic rings. The maximum atomic E-state index is 13.4. The number of fused-ring (bicyclic) bond motifs is 4. The molecular formula is C26H20FN3O. The minimum atomic E-state index is -0.219. The van der Waals surface area contributed by atoms with Gasteiger partial charge in [0.15, 0.2) is 0 Å². The monoisotopic (exact) mass is 409 g/mol. The molecule has 0 amide bonds. The summed E-state index contributed by atoms with van der Waals surface area (Å²) in [5.74, 6) is 1.61. The number of para-hydroxylation sites is 1. The lowest BCUT2D eigenvalue weighted by molar-refractivity contribution is 0.491. The van der Waals surface area contributed by atoms with Gasteiger partial charge in [0.25, 0.3) is 0 Å². The van der Waals surface area contributed by atoms with E-state index in [0.29, 0.717) is 13.0 Å². The van der Waals surface area contributed by atoms with Crippen LogP contribution in [-0.4, -0.2) is 14.0 Å². The number of imidazole rings is 1. The average molecular weight is 409 g/mol. The Morgan fingerprint density at radius 3 is 2.58 bits per heavy atom. The van der Waals surface area contributed by atoms with Gasteiger partial charge in [-0.1, -0.05) is 30.3 Å². The van der Waals surface area contributed by atoms with Crippen LogP contribution in [0.4, 0.5) is 4.39 Å². The number of furan rings is 1. The molecule has 0 bridgehead atoms. The Balaban J connectivity index is 1.55. The second-order valence-corrected chi connectivity index (χ2v) is 7.97. The first-order valence-electron chi connectivity index (χ1n) is 10.3. The highest BCUT2D eigenvalue weighted by Gasteiger charge is 2.15. The highest BCUT2D eigenvalue weighted by molar-refractivity contribution is 6.08. The van der Waals surface area contributed by atoms with Crippen molar-refractivity contribution in [2.45, 2.75) is 19.9 Å². The Hall–Kier alpha value is -3.86. The van der Waals surface area contributed by atoms with Crippen LogP contribution in [0.2, 0.25) is 0 Å². The Morgan fingerprint density at radius 1 is 0.935 bits per heavy atom. The highest BCUT2D eigenvalue weighted by Crippen LogP contribution is 2.31. The van der Waals surface area contributed by atoms with Crippen molar-refractivity contribution in [3.8, 4) is 0 Å². The van der Waals surface area contributed by atoms with Gasteiger partial charge in [-0.05, 0) is 48.9 Å². The number of aromatic nitrogens is 3. The maximum absolute atomic E-state index is 13.4. The molecule has 4 heterocycles. The summed E-state index contributed by atoms with van der Waals surface area (Å²) in [5.41, 5.74) is 5.31. The van der Waals surface area contributed by atoms with Crippen LogP contribution in [0.3, 0.4) is 0 Å². The van der Waals surface area contributed by atoms with Crippen molar-refractivity contribution in [3.63, 3.8) is 0 Å². The fraction of sp³-hybridized carbons (Fsp3) is 0.115. The molecule has 152 valence electrons. The summed E-state index contributed by atoms with van der Waals surface area (Å²) in [6, 6.07) is 21.3. The highest BCUT2D eigenvalue weighted by atomic mass is 19.1. The largest absolute Gasteiger partial charge is 0.466 e. The Kier molecular flexibility index (Phi) is 3.96. The van der Waals surface area contributed by atoms with Crippen molar-refractivity contribution in [2.24, 2.45) is 0 Å². The van der Waals surface area contributed by atoms with E-state index in [2.05, 4.69) is 50.5 Å². The number of hydrogen-bond acceptors (Lipinski definition) is 2. The van der Waals surface area contributed by atoms with E-state index in [1.54, 1.807) is 0 Å². The standard InChI is InChI=1S/C26H20FN3O/c1-17-6-11-21(31-17)12-20-14-28-26-13-23-22-4-2-3-5-24(22)30(25(23)16-29(20)26)15-18-7-9-19(27)10-8-18/h2-11,13-14,16H,12,15H2,1H3. The molecule has 0 aliphatic heterocycles. The van der Waals surface area contributed by atoms with Gasteiger partial charge in [-0.3, -0.25) is 0 Å². The summed E-state index contributed by atoms with van der Waals surface area (Å²) in [7, 11) is 0. The molecule has 0 radical (unpaired) electrons. The Morgan fingerprint density at radius 2 is 1.77 bits per heavy atom. The van der Waals surface area contributed by atoms with Crippen molar-refractivity contribution in [2.75, 3.05) is 0 Å². The van der Waals surface area contributed by atoms with Crippen LogP contribution < -0.4 is 0 Å². The summed E-state index contributed by atoms with van der Waals surface area (Å²) in [4.78, 5) is 4.65. The molecule has 4 aromatic heterocycles. The number of benzene rings is 2. The molecule has 0 aliphatic rings. The van der Waals surface area contributed by atoms with E-state index in [-0.39, 0.29) is 5.82 Å².